The molecule has 0 saturated heterocycles. The van der Waals surface area contributed by atoms with Crippen LogP contribution in [-0.2, 0) is 12.4 Å². The molecule has 0 radical (unpaired) electrons. The number of hydrogen-bond acceptors (Lipinski definition) is 5. The maximum atomic E-state index is 5.85. The fraction of sp³-hybridized carbons (Fsp3) is 0.333. The summed E-state index contributed by atoms with van der Waals surface area (Å²) in [6.07, 6.45) is 0. The summed E-state index contributed by atoms with van der Waals surface area (Å²) >= 11 is 13.0. The van der Waals surface area contributed by atoms with Gasteiger partial charge in [0.15, 0.2) is 0 Å². The molecule has 16 heavy (non-hydrogen) atoms. The zero-order valence-corrected chi connectivity index (χ0v) is 10.8. The molecule has 0 saturated carbocycles. The molecule has 2 aromatic rings. The van der Waals surface area contributed by atoms with Crippen molar-refractivity contribution in [3.63, 3.8) is 0 Å². The number of rotatable bonds is 4. The first-order valence-electron chi connectivity index (χ1n) is 4.52. The van der Waals surface area contributed by atoms with Crippen molar-refractivity contribution < 1.29 is 4.42 Å². The van der Waals surface area contributed by atoms with Crippen LogP contribution in [0.25, 0.3) is 0 Å². The summed E-state index contributed by atoms with van der Waals surface area (Å²) in [6, 6.07) is 4.30. The molecule has 7 heteroatoms. The van der Waals surface area contributed by atoms with Gasteiger partial charge in [0.05, 0.1) is 10.9 Å². The predicted octanol–water partition coefficient (Wildman–Crippen LogP) is 3.16. The van der Waals surface area contributed by atoms with Gasteiger partial charge in [0.2, 0.25) is 5.89 Å². The van der Waals surface area contributed by atoms with Crippen molar-refractivity contribution in [2.45, 2.75) is 12.4 Å². The molecule has 0 aliphatic carbocycles. The van der Waals surface area contributed by atoms with Crippen LogP contribution in [0.5, 0.6) is 0 Å². The van der Waals surface area contributed by atoms with Gasteiger partial charge in [-0.1, -0.05) is 16.7 Å². The fourth-order valence-electron chi connectivity index (χ4n) is 1.19. The number of nitrogens with zero attached hydrogens (tertiary/aromatic N) is 3. The first-order valence-corrected chi connectivity index (χ1v) is 6.25. The first-order chi connectivity index (χ1) is 7.69. The zero-order valence-electron chi connectivity index (χ0n) is 8.48. The molecule has 0 aromatic carbocycles. The van der Waals surface area contributed by atoms with Crippen LogP contribution in [0.3, 0.4) is 0 Å². The van der Waals surface area contributed by atoms with Gasteiger partial charge in [-0.3, -0.25) is 0 Å². The smallest absolute Gasteiger partial charge is 0.318 e. The lowest BCUT2D eigenvalue weighted by atomic mass is 10.4. The van der Waals surface area contributed by atoms with Crippen molar-refractivity contribution in [3.8, 4) is 0 Å². The molecule has 0 spiro atoms. The molecule has 4 nitrogen and oxygen atoms in total. The van der Waals surface area contributed by atoms with E-state index in [0.717, 1.165) is 9.21 Å². The van der Waals surface area contributed by atoms with Crippen LogP contribution in [0, 0.1) is 0 Å². The lowest BCUT2D eigenvalue weighted by molar-refractivity contribution is 0.507. The maximum absolute atomic E-state index is 5.85. The van der Waals surface area contributed by atoms with Crippen LogP contribution in [-0.4, -0.2) is 17.2 Å². The number of alkyl halides is 1. The van der Waals surface area contributed by atoms with Crippen molar-refractivity contribution in [1.82, 2.24) is 10.2 Å². The number of aromatic nitrogens is 2. The summed E-state index contributed by atoms with van der Waals surface area (Å²) in [5, 5.41) is 7.68. The minimum Gasteiger partial charge on any atom is -0.407 e. The number of hydrogen-bond donors (Lipinski definition) is 0. The second-order valence-electron chi connectivity index (χ2n) is 3.17. The Labute approximate surface area is 107 Å². The highest BCUT2D eigenvalue weighted by atomic mass is 35.5. The molecular weight excluding hydrogens is 269 g/mol. The Bertz CT molecular complexity index is 471. The highest BCUT2D eigenvalue weighted by molar-refractivity contribution is 7.16. The summed E-state index contributed by atoms with van der Waals surface area (Å²) in [6.45, 7) is 0.682. The monoisotopic (exact) mass is 277 g/mol. The van der Waals surface area contributed by atoms with E-state index in [0.29, 0.717) is 18.5 Å². The third-order valence-electron chi connectivity index (χ3n) is 1.92. The zero-order chi connectivity index (χ0) is 11.5. The van der Waals surface area contributed by atoms with Gasteiger partial charge in [0.1, 0.15) is 5.88 Å². The van der Waals surface area contributed by atoms with Gasteiger partial charge in [-0.25, -0.2) is 0 Å². The van der Waals surface area contributed by atoms with Crippen LogP contribution in [0.1, 0.15) is 10.8 Å². The third kappa shape index (κ3) is 2.66. The normalized spacial score (nSPS) is 10.7. The van der Waals surface area contributed by atoms with Gasteiger partial charge in [-0.05, 0) is 12.1 Å². The molecule has 0 unspecified atom stereocenters. The minimum atomic E-state index is 0.228. The Balaban J connectivity index is 2.05. The van der Waals surface area contributed by atoms with E-state index in [1.165, 1.54) is 11.3 Å². The summed E-state index contributed by atoms with van der Waals surface area (Å²) in [5.74, 6) is 0.652. The maximum Gasteiger partial charge on any atom is 0.318 e. The summed E-state index contributed by atoms with van der Waals surface area (Å²) < 4.78 is 6.09. The standard InChI is InChI=1S/C9H9Cl2N3OS/c1-14(5-6-2-3-7(11)16-6)9-13-12-8(4-10)15-9/h2-3H,4-5H2,1H3. The molecular formula is C9H9Cl2N3OS. The van der Waals surface area contributed by atoms with Crippen molar-refractivity contribution in [3.05, 3.63) is 27.2 Å². The SMILES string of the molecule is CN(Cc1ccc(Cl)s1)c1nnc(CCl)o1. The molecule has 0 fully saturated rings. The second kappa shape index (κ2) is 5.03. The molecule has 2 heterocycles. The lowest BCUT2D eigenvalue weighted by Gasteiger charge is -2.11. The van der Waals surface area contributed by atoms with Crippen LogP contribution >= 0.6 is 34.5 Å². The lowest BCUT2D eigenvalue weighted by Crippen LogP contribution is -2.15. The average molecular weight is 278 g/mol. The molecule has 2 rings (SSSR count). The second-order valence-corrected chi connectivity index (χ2v) is 5.24. The van der Waals surface area contributed by atoms with Crippen molar-refractivity contribution in [1.29, 1.82) is 0 Å². The average Bonchev–Trinajstić information content (AvgIpc) is 2.87. The molecule has 0 aliphatic rings. The highest BCUT2D eigenvalue weighted by Gasteiger charge is 2.11. The third-order valence-corrected chi connectivity index (χ3v) is 3.36. The molecule has 0 bridgehead atoms. The molecule has 0 N–H and O–H groups in total. The van der Waals surface area contributed by atoms with Gasteiger partial charge in [-0.2, -0.15) is 0 Å². The Hall–Kier alpha value is -0.780. The number of halogens is 2. The van der Waals surface area contributed by atoms with Gasteiger partial charge < -0.3 is 9.32 Å². The van der Waals surface area contributed by atoms with E-state index in [1.807, 2.05) is 24.1 Å². The van der Waals surface area contributed by atoms with E-state index >= 15 is 0 Å². The minimum absolute atomic E-state index is 0.228. The largest absolute Gasteiger partial charge is 0.407 e. The Kier molecular flexibility index (Phi) is 3.68. The van der Waals surface area contributed by atoms with E-state index in [4.69, 9.17) is 27.6 Å². The van der Waals surface area contributed by atoms with Gasteiger partial charge >= 0.3 is 6.01 Å². The Morgan fingerprint density at radius 2 is 2.25 bits per heavy atom. The number of anilines is 1. The van der Waals surface area contributed by atoms with Gasteiger partial charge in [0, 0.05) is 11.9 Å². The molecule has 0 amide bonds. The highest BCUT2D eigenvalue weighted by Crippen LogP contribution is 2.24. The molecule has 0 aliphatic heterocycles. The molecule has 0 atom stereocenters. The Morgan fingerprint density at radius 3 is 2.81 bits per heavy atom. The van der Waals surface area contributed by atoms with E-state index in [1.54, 1.807) is 0 Å². The van der Waals surface area contributed by atoms with Crippen molar-refractivity contribution in [2.75, 3.05) is 11.9 Å². The fourth-order valence-corrected chi connectivity index (χ4v) is 2.44. The quantitative estimate of drug-likeness (QED) is 0.806. The summed E-state index contributed by atoms with van der Waals surface area (Å²) in [7, 11) is 1.87. The van der Waals surface area contributed by atoms with E-state index in [9.17, 15) is 0 Å². The molecule has 86 valence electrons. The van der Waals surface area contributed by atoms with Crippen LogP contribution in [0.2, 0.25) is 4.34 Å². The summed E-state index contributed by atoms with van der Waals surface area (Å²) in [5.41, 5.74) is 0. The number of thiophene rings is 1. The van der Waals surface area contributed by atoms with Crippen LogP contribution in [0.4, 0.5) is 6.01 Å². The van der Waals surface area contributed by atoms with E-state index < -0.39 is 0 Å². The molecule has 2 aromatic heterocycles. The van der Waals surface area contributed by atoms with Crippen LogP contribution in [0.15, 0.2) is 16.5 Å². The predicted molar refractivity (Wildman–Crippen MR) is 65.3 cm³/mol. The van der Waals surface area contributed by atoms with Crippen molar-refractivity contribution in [2.24, 2.45) is 0 Å². The van der Waals surface area contributed by atoms with Gasteiger partial charge in [0.25, 0.3) is 0 Å². The topological polar surface area (TPSA) is 42.2 Å². The Morgan fingerprint density at radius 1 is 1.44 bits per heavy atom. The van der Waals surface area contributed by atoms with Gasteiger partial charge in [-0.15, -0.1) is 28.0 Å². The first kappa shape index (κ1) is 11.7. The van der Waals surface area contributed by atoms with Crippen LogP contribution < -0.4 is 4.90 Å². The summed E-state index contributed by atoms with van der Waals surface area (Å²) in [4.78, 5) is 2.99. The van der Waals surface area contributed by atoms with E-state index in [2.05, 4.69) is 10.2 Å². The van der Waals surface area contributed by atoms with Crippen molar-refractivity contribution >= 4 is 40.6 Å². The van der Waals surface area contributed by atoms with E-state index in [-0.39, 0.29) is 5.88 Å².